The summed E-state index contributed by atoms with van der Waals surface area (Å²) < 4.78 is 5.59. The van der Waals surface area contributed by atoms with E-state index in [1.165, 1.54) is 0 Å². The molecular formula is C12H14ClNO3. The quantitative estimate of drug-likeness (QED) is 0.833. The third-order valence-corrected chi connectivity index (χ3v) is 3.04. The summed E-state index contributed by atoms with van der Waals surface area (Å²) in [5.74, 6) is -0.110. The minimum Gasteiger partial charge on any atom is -0.492 e. The minimum absolute atomic E-state index is 0.328. The van der Waals surface area contributed by atoms with Crippen LogP contribution < -0.4 is 4.74 Å². The van der Waals surface area contributed by atoms with E-state index in [4.69, 9.17) is 21.4 Å². The molecule has 1 atom stereocenters. The highest BCUT2D eigenvalue weighted by molar-refractivity contribution is 6.29. The van der Waals surface area contributed by atoms with Gasteiger partial charge in [-0.05, 0) is 6.07 Å². The van der Waals surface area contributed by atoms with Crippen molar-refractivity contribution in [3.8, 4) is 5.75 Å². The molecule has 0 fully saturated rings. The normalized spacial score (nSPS) is 17.7. The fourth-order valence-electron chi connectivity index (χ4n) is 1.84. The number of rotatable bonds is 3. The smallest absolute Gasteiger partial charge is 0.322 e. The fourth-order valence-corrected chi connectivity index (χ4v) is 2.04. The van der Waals surface area contributed by atoms with E-state index in [1.54, 1.807) is 0 Å². The summed E-state index contributed by atoms with van der Waals surface area (Å²) in [4.78, 5) is 12.7. The van der Waals surface area contributed by atoms with Crippen LogP contribution in [0.15, 0.2) is 24.3 Å². The lowest BCUT2D eigenvalue weighted by Crippen LogP contribution is -2.34. The number of halogens is 1. The zero-order chi connectivity index (χ0) is 12.3. The Morgan fingerprint density at radius 1 is 1.53 bits per heavy atom. The van der Waals surface area contributed by atoms with Crippen molar-refractivity contribution in [3.05, 3.63) is 29.8 Å². The van der Waals surface area contributed by atoms with Crippen molar-refractivity contribution in [2.75, 3.05) is 19.7 Å². The molecule has 1 heterocycles. The van der Waals surface area contributed by atoms with Gasteiger partial charge in [0.05, 0.1) is 0 Å². The summed E-state index contributed by atoms with van der Waals surface area (Å²) in [5.41, 5.74) is 1.07. The minimum atomic E-state index is -0.981. The van der Waals surface area contributed by atoms with Gasteiger partial charge < -0.3 is 9.84 Å². The maximum atomic E-state index is 10.7. The third-order valence-electron chi connectivity index (χ3n) is 2.72. The Morgan fingerprint density at radius 2 is 2.29 bits per heavy atom. The van der Waals surface area contributed by atoms with Gasteiger partial charge in [-0.2, -0.15) is 0 Å². The lowest BCUT2D eigenvalue weighted by atomic mass is 10.2. The van der Waals surface area contributed by atoms with Gasteiger partial charge in [0.2, 0.25) is 0 Å². The number of carboxylic acid groups (broad SMARTS) is 1. The molecule has 0 aromatic heterocycles. The van der Waals surface area contributed by atoms with Crippen LogP contribution in [0.3, 0.4) is 0 Å². The van der Waals surface area contributed by atoms with E-state index in [0.29, 0.717) is 26.2 Å². The molecule has 0 spiro atoms. The van der Waals surface area contributed by atoms with E-state index in [1.807, 2.05) is 29.2 Å². The van der Waals surface area contributed by atoms with Gasteiger partial charge in [-0.1, -0.05) is 18.2 Å². The highest BCUT2D eigenvalue weighted by Crippen LogP contribution is 2.22. The molecule has 0 radical (unpaired) electrons. The number of nitrogens with zero attached hydrogens (tertiary/aromatic N) is 1. The standard InChI is InChI=1S/C12H14ClNO3/c13-10(12(15)16)8-14-5-6-17-11-4-2-1-3-9(11)7-14/h1-4,10H,5-8H2,(H,15,16). The number of aliphatic carboxylic acids is 1. The van der Waals surface area contributed by atoms with Gasteiger partial charge in [0.25, 0.3) is 0 Å². The number of fused-ring (bicyclic) bond motifs is 1. The number of hydrogen-bond donors (Lipinski definition) is 1. The van der Waals surface area contributed by atoms with E-state index in [2.05, 4.69) is 0 Å². The molecule has 2 rings (SSSR count). The Labute approximate surface area is 105 Å². The average Bonchev–Trinajstić information content (AvgIpc) is 2.50. The van der Waals surface area contributed by atoms with Crippen molar-refractivity contribution in [2.24, 2.45) is 0 Å². The van der Waals surface area contributed by atoms with E-state index in [9.17, 15) is 4.79 Å². The summed E-state index contributed by atoms with van der Waals surface area (Å²) >= 11 is 5.75. The van der Waals surface area contributed by atoms with Gasteiger partial charge in [0.15, 0.2) is 0 Å². The van der Waals surface area contributed by atoms with E-state index in [0.717, 1.165) is 11.3 Å². The monoisotopic (exact) mass is 255 g/mol. The molecule has 0 saturated heterocycles. The Hall–Kier alpha value is -1.26. The van der Waals surface area contributed by atoms with Crippen molar-refractivity contribution in [1.82, 2.24) is 4.90 Å². The first-order valence-electron chi connectivity index (χ1n) is 5.47. The van der Waals surface area contributed by atoms with Crippen LogP contribution in [0.5, 0.6) is 5.75 Å². The lowest BCUT2D eigenvalue weighted by Gasteiger charge is -2.20. The number of benzene rings is 1. The summed E-state index contributed by atoms with van der Waals surface area (Å²) in [7, 11) is 0. The van der Waals surface area contributed by atoms with Crippen molar-refractivity contribution < 1.29 is 14.6 Å². The number of para-hydroxylation sites is 1. The molecule has 0 aliphatic carbocycles. The van der Waals surface area contributed by atoms with Gasteiger partial charge in [-0.15, -0.1) is 11.6 Å². The van der Waals surface area contributed by atoms with Crippen LogP contribution in [0.4, 0.5) is 0 Å². The molecule has 4 nitrogen and oxygen atoms in total. The molecule has 92 valence electrons. The maximum absolute atomic E-state index is 10.7. The van der Waals surface area contributed by atoms with E-state index < -0.39 is 11.3 Å². The van der Waals surface area contributed by atoms with Gasteiger partial charge in [0, 0.05) is 25.2 Å². The van der Waals surface area contributed by atoms with Crippen molar-refractivity contribution >= 4 is 17.6 Å². The second kappa shape index (κ2) is 5.38. The highest BCUT2D eigenvalue weighted by Gasteiger charge is 2.21. The van der Waals surface area contributed by atoms with Gasteiger partial charge in [-0.3, -0.25) is 9.69 Å². The predicted molar refractivity (Wildman–Crippen MR) is 64.5 cm³/mol. The zero-order valence-electron chi connectivity index (χ0n) is 9.30. The largest absolute Gasteiger partial charge is 0.492 e. The van der Waals surface area contributed by atoms with Crippen LogP contribution in [0.25, 0.3) is 0 Å². The van der Waals surface area contributed by atoms with Crippen LogP contribution in [0.1, 0.15) is 5.56 Å². The predicted octanol–water partition coefficient (Wildman–Crippen LogP) is 1.57. The first kappa shape index (κ1) is 12.2. The zero-order valence-corrected chi connectivity index (χ0v) is 10.1. The maximum Gasteiger partial charge on any atom is 0.322 e. The first-order valence-corrected chi connectivity index (χ1v) is 5.90. The van der Waals surface area contributed by atoms with Crippen LogP contribution in [0, 0.1) is 0 Å². The molecule has 1 aromatic rings. The van der Waals surface area contributed by atoms with Gasteiger partial charge in [-0.25, -0.2) is 0 Å². The summed E-state index contributed by atoms with van der Waals surface area (Å²) in [6.45, 7) is 2.24. The van der Waals surface area contributed by atoms with Crippen LogP contribution in [-0.4, -0.2) is 41.0 Å². The highest BCUT2D eigenvalue weighted by atomic mass is 35.5. The van der Waals surface area contributed by atoms with Gasteiger partial charge in [0.1, 0.15) is 17.7 Å². The molecule has 1 aliphatic heterocycles. The van der Waals surface area contributed by atoms with Crippen molar-refractivity contribution in [2.45, 2.75) is 11.9 Å². The molecule has 5 heteroatoms. The number of carboxylic acids is 1. The van der Waals surface area contributed by atoms with Gasteiger partial charge >= 0.3 is 5.97 Å². The SMILES string of the molecule is O=C(O)C(Cl)CN1CCOc2ccccc2C1. The lowest BCUT2D eigenvalue weighted by molar-refractivity contribution is -0.137. The number of ether oxygens (including phenoxy) is 1. The molecule has 1 N–H and O–H groups in total. The average molecular weight is 256 g/mol. The molecule has 1 unspecified atom stereocenters. The molecule has 0 bridgehead atoms. The topological polar surface area (TPSA) is 49.8 Å². The Balaban J connectivity index is 2.05. The molecule has 17 heavy (non-hydrogen) atoms. The number of hydrogen-bond acceptors (Lipinski definition) is 3. The second-order valence-corrected chi connectivity index (χ2v) is 4.52. The third kappa shape index (κ3) is 3.11. The molecule has 0 amide bonds. The number of alkyl halides is 1. The molecule has 1 aliphatic rings. The Kier molecular flexibility index (Phi) is 3.86. The Morgan fingerprint density at radius 3 is 3.06 bits per heavy atom. The van der Waals surface area contributed by atoms with E-state index >= 15 is 0 Å². The number of carbonyl (C=O) groups is 1. The van der Waals surface area contributed by atoms with Crippen molar-refractivity contribution in [1.29, 1.82) is 0 Å². The fraction of sp³-hybridized carbons (Fsp3) is 0.417. The summed E-state index contributed by atoms with van der Waals surface area (Å²) in [5, 5.41) is 7.91. The first-order chi connectivity index (χ1) is 8.16. The second-order valence-electron chi connectivity index (χ2n) is 4.00. The van der Waals surface area contributed by atoms with Crippen LogP contribution in [0.2, 0.25) is 0 Å². The van der Waals surface area contributed by atoms with Crippen LogP contribution in [-0.2, 0) is 11.3 Å². The van der Waals surface area contributed by atoms with E-state index in [-0.39, 0.29) is 0 Å². The molecule has 0 saturated carbocycles. The van der Waals surface area contributed by atoms with Crippen LogP contribution >= 0.6 is 11.6 Å². The molecule has 1 aromatic carbocycles. The summed E-state index contributed by atoms with van der Waals surface area (Å²) in [6, 6.07) is 7.78. The summed E-state index contributed by atoms with van der Waals surface area (Å²) in [6.07, 6.45) is 0. The van der Waals surface area contributed by atoms with Crippen molar-refractivity contribution in [3.63, 3.8) is 0 Å². The Bertz CT molecular complexity index is 410. The molecular weight excluding hydrogens is 242 g/mol.